The minimum atomic E-state index is -2.93. The smallest absolute Gasteiger partial charge is 0.387 e. The molecule has 28 heavy (non-hydrogen) atoms. The van der Waals surface area contributed by atoms with Crippen LogP contribution in [0.4, 0.5) is 18.9 Å². The third kappa shape index (κ3) is 4.81. The molecule has 1 heterocycles. The summed E-state index contributed by atoms with van der Waals surface area (Å²) in [6.07, 6.45) is 0. The summed E-state index contributed by atoms with van der Waals surface area (Å²) >= 11 is 0. The molecule has 0 aliphatic rings. The lowest BCUT2D eigenvalue weighted by molar-refractivity contribution is -0.0498. The van der Waals surface area contributed by atoms with E-state index in [2.05, 4.69) is 15.2 Å². The van der Waals surface area contributed by atoms with E-state index in [1.807, 2.05) is 0 Å². The van der Waals surface area contributed by atoms with Crippen molar-refractivity contribution in [3.05, 3.63) is 71.4 Å². The number of alkyl halides is 2. The second-order valence-electron chi connectivity index (χ2n) is 5.67. The van der Waals surface area contributed by atoms with Gasteiger partial charge in [0.2, 0.25) is 0 Å². The Morgan fingerprint density at radius 3 is 2.39 bits per heavy atom. The molecule has 0 saturated carbocycles. The Balaban J connectivity index is 1.67. The van der Waals surface area contributed by atoms with E-state index in [0.717, 1.165) is 0 Å². The van der Waals surface area contributed by atoms with Crippen LogP contribution in [0.25, 0.3) is 0 Å². The highest BCUT2D eigenvalue weighted by Crippen LogP contribution is 2.21. The molecule has 146 valence electrons. The van der Waals surface area contributed by atoms with Crippen LogP contribution in [-0.2, 0) is 6.61 Å². The monoisotopic (exact) mass is 392 g/mol. The van der Waals surface area contributed by atoms with E-state index >= 15 is 0 Å². The van der Waals surface area contributed by atoms with Crippen molar-refractivity contribution in [1.29, 1.82) is 0 Å². The number of benzene rings is 2. The fourth-order valence-electron chi connectivity index (χ4n) is 2.34. The van der Waals surface area contributed by atoms with Crippen LogP contribution < -0.4 is 14.8 Å². The molecule has 0 atom stereocenters. The standard InChI is InChI=1S/C19H15F3N2O4/c1-11-16(10-26-14-6-2-12(20)3-7-14)17(24-28-11)18(25)23-13-4-8-15(9-5-13)27-19(21)22/h2-9,19H,10H2,1H3,(H,23,25). The average molecular weight is 392 g/mol. The molecule has 0 aliphatic carbocycles. The van der Waals surface area contributed by atoms with Crippen LogP contribution in [0.1, 0.15) is 21.8 Å². The van der Waals surface area contributed by atoms with Crippen LogP contribution in [0.5, 0.6) is 11.5 Å². The molecule has 3 aromatic rings. The maximum atomic E-state index is 13.0. The zero-order chi connectivity index (χ0) is 20.1. The molecule has 1 aromatic heterocycles. The number of nitrogens with zero attached hydrogens (tertiary/aromatic N) is 1. The number of ether oxygens (including phenoxy) is 2. The first kappa shape index (κ1) is 19.3. The third-order valence-electron chi connectivity index (χ3n) is 3.73. The van der Waals surface area contributed by atoms with Gasteiger partial charge in [-0.25, -0.2) is 4.39 Å². The topological polar surface area (TPSA) is 73.6 Å². The average Bonchev–Trinajstić information content (AvgIpc) is 3.03. The predicted molar refractivity (Wildman–Crippen MR) is 93.0 cm³/mol. The summed E-state index contributed by atoms with van der Waals surface area (Å²) < 4.78 is 52.2. The number of amides is 1. The van der Waals surface area contributed by atoms with E-state index in [4.69, 9.17) is 9.26 Å². The second-order valence-corrected chi connectivity index (χ2v) is 5.67. The van der Waals surface area contributed by atoms with Crippen molar-refractivity contribution in [3.63, 3.8) is 0 Å². The molecule has 6 nitrogen and oxygen atoms in total. The van der Waals surface area contributed by atoms with Crippen molar-refractivity contribution in [2.45, 2.75) is 20.1 Å². The van der Waals surface area contributed by atoms with Gasteiger partial charge in [0.1, 0.15) is 29.7 Å². The molecule has 0 bridgehead atoms. The van der Waals surface area contributed by atoms with Crippen LogP contribution in [0.15, 0.2) is 53.1 Å². The number of halogens is 3. The van der Waals surface area contributed by atoms with E-state index < -0.39 is 18.3 Å². The molecule has 0 unspecified atom stereocenters. The largest absolute Gasteiger partial charge is 0.489 e. The Morgan fingerprint density at radius 2 is 1.75 bits per heavy atom. The molecular formula is C19H15F3N2O4. The number of hydrogen-bond donors (Lipinski definition) is 1. The maximum absolute atomic E-state index is 13.0. The highest BCUT2D eigenvalue weighted by atomic mass is 19.3. The first-order valence-electron chi connectivity index (χ1n) is 8.12. The van der Waals surface area contributed by atoms with Gasteiger partial charge in [0, 0.05) is 5.69 Å². The Kier molecular flexibility index (Phi) is 5.83. The molecule has 9 heteroatoms. The minimum Gasteiger partial charge on any atom is -0.489 e. The van der Waals surface area contributed by atoms with Gasteiger partial charge in [-0.1, -0.05) is 5.16 Å². The number of nitrogens with one attached hydrogen (secondary N) is 1. The molecule has 0 saturated heterocycles. The normalized spacial score (nSPS) is 10.8. The summed E-state index contributed by atoms with van der Waals surface area (Å²) in [5.74, 6) is -0.162. The summed E-state index contributed by atoms with van der Waals surface area (Å²) in [5.41, 5.74) is 0.810. The first-order chi connectivity index (χ1) is 13.4. The van der Waals surface area contributed by atoms with Gasteiger partial charge in [-0.15, -0.1) is 0 Å². The lowest BCUT2D eigenvalue weighted by Crippen LogP contribution is -2.15. The number of aryl methyl sites for hydroxylation is 1. The van der Waals surface area contributed by atoms with Gasteiger partial charge in [0.15, 0.2) is 5.69 Å². The number of carbonyl (C=O) groups is 1. The van der Waals surface area contributed by atoms with Crippen LogP contribution >= 0.6 is 0 Å². The summed E-state index contributed by atoms with van der Waals surface area (Å²) in [5, 5.41) is 6.33. The van der Waals surface area contributed by atoms with E-state index in [1.165, 1.54) is 48.5 Å². The van der Waals surface area contributed by atoms with Crippen molar-refractivity contribution < 1.29 is 32.0 Å². The number of aromatic nitrogens is 1. The SMILES string of the molecule is Cc1onc(C(=O)Nc2ccc(OC(F)F)cc2)c1COc1ccc(F)cc1. The van der Waals surface area contributed by atoms with Crippen molar-refractivity contribution in [3.8, 4) is 11.5 Å². The van der Waals surface area contributed by atoms with Crippen molar-refractivity contribution in [2.75, 3.05) is 5.32 Å². The highest BCUT2D eigenvalue weighted by Gasteiger charge is 2.20. The fourth-order valence-corrected chi connectivity index (χ4v) is 2.34. The Morgan fingerprint density at radius 1 is 1.11 bits per heavy atom. The van der Waals surface area contributed by atoms with Crippen LogP contribution in [0, 0.1) is 12.7 Å². The van der Waals surface area contributed by atoms with Crippen molar-refractivity contribution >= 4 is 11.6 Å². The lowest BCUT2D eigenvalue weighted by atomic mass is 10.2. The van der Waals surface area contributed by atoms with E-state index in [9.17, 15) is 18.0 Å². The van der Waals surface area contributed by atoms with Crippen molar-refractivity contribution in [2.24, 2.45) is 0 Å². The summed E-state index contributed by atoms with van der Waals surface area (Å²) in [4.78, 5) is 12.5. The zero-order valence-corrected chi connectivity index (χ0v) is 14.6. The second kappa shape index (κ2) is 8.47. The molecule has 3 rings (SSSR count). The zero-order valence-electron chi connectivity index (χ0n) is 14.6. The van der Waals surface area contributed by atoms with Crippen molar-refractivity contribution in [1.82, 2.24) is 5.16 Å². The summed E-state index contributed by atoms with van der Waals surface area (Å²) in [6, 6.07) is 10.9. The molecule has 1 amide bonds. The number of rotatable bonds is 7. The number of hydrogen-bond acceptors (Lipinski definition) is 5. The highest BCUT2D eigenvalue weighted by molar-refractivity contribution is 6.03. The third-order valence-corrected chi connectivity index (χ3v) is 3.73. The van der Waals surface area contributed by atoms with Gasteiger partial charge >= 0.3 is 6.61 Å². The fraction of sp³-hybridized carbons (Fsp3) is 0.158. The quantitative estimate of drug-likeness (QED) is 0.638. The van der Waals surface area contributed by atoms with E-state index in [0.29, 0.717) is 22.8 Å². The van der Waals surface area contributed by atoms with Gasteiger partial charge in [-0.2, -0.15) is 8.78 Å². The summed E-state index contributed by atoms with van der Waals surface area (Å²) in [6.45, 7) is -1.31. The predicted octanol–water partition coefficient (Wildman–Crippen LogP) is 4.55. The van der Waals surface area contributed by atoms with Gasteiger partial charge in [0.05, 0.1) is 5.56 Å². The van der Waals surface area contributed by atoms with Gasteiger partial charge in [-0.3, -0.25) is 4.79 Å². The number of carbonyl (C=O) groups excluding carboxylic acids is 1. The Bertz CT molecular complexity index is 941. The molecule has 0 fully saturated rings. The molecular weight excluding hydrogens is 377 g/mol. The Hall–Kier alpha value is -3.49. The maximum Gasteiger partial charge on any atom is 0.387 e. The first-order valence-corrected chi connectivity index (χ1v) is 8.12. The lowest BCUT2D eigenvalue weighted by Gasteiger charge is -2.08. The molecule has 0 radical (unpaired) electrons. The molecule has 0 aliphatic heterocycles. The van der Waals surface area contributed by atoms with Gasteiger partial charge in [-0.05, 0) is 55.5 Å². The Labute approximate surface area is 157 Å². The molecule has 2 aromatic carbocycles. The van der Waals surface area contributed by atoms with Gasteiger partial charge < -0.3 is 19.3 Å². The van der Waals surface area contributed by atoms with E-state index in [-0.39, 0.29) is 18.1 Å². The number of anilines is 1. The van der Waals surface area contributed by atoms with Crippen LogP contribution in [0.3, 0.4) is 0 Å². The van der Waals surface area contributed by atoms with Crippen LogP contribution in [0.2, 0.25) is 0 Å². The molecule has 0 spiro atoms. The molecule has 1 N–H and O–H groups in total. The van der Waals surface area contributed by atoms with Crippen LogP contribution in [-0.4, -0.2) is 17.7 Å². The minimum absolute atomic E-state index is 0.00904. The van der Waals surface area contributed by atoms with Gasteiger partial charge in [0.25, 0.3) is 5.91 Å². The summed E-state index contributed by atoms with van der Waals surface area (Å²) in [7, 11) is 0. The van der Waals surface area contributed by atoms with E-state index in [1.54, 1.807) is 6.92 Å².